The maximum Gasteiger partial charge on any atom is 0.0722 e. The third-order valence-corrected chi connectivity index (χ3v) is 4.45. The number of ether oxygens (including phenoxy) is 1. The summed E-state index contributed by atoms with van der Waals surface area (Å²) < 4.78 is 5.48. The van der Waals surface area contributed by atoms with Gasteiger partial charge in [0.2, 0.25) is 0 Å². The minimum absolute atomic E-state index is 0.820. The second kappa shape index (κ2) is 7.59. The van der Waals surface area contributed by atoms with Crippen LogP contribution in [0.5, 0.6) is 0 Å². The van der Waals surface area contributed by atoms with Crippen molar-refractivity contribution >= 4 is 16.6 Å². The summed E-state index contributed by atoms with van der Waals surface area (Å²) in [5.74, 6) is 0. The Morgan fingerprint density at radius 1 is 1.09 bits per heavy atom. The van der Waals surface area contributed by atoms with Gasteiger partial charge in [0.15, 0.2) is 0 Å². The van der Waals surface area contributed by atoms with Crippen molar-refractivity contribution in [2.75, 3.05) is 31.2 Å². The van der Waals surface area contributed by atoms with Gasteiger partial charge >= 0.3 is 0 Å². The zero-order chi connectivity index (χ0) is 15.2. The number of anilines is 1. The van der Waals surface area contributed by atoms with Crippen LogP contribution in [0.2, 0.25) is 0 Å². The summed E-state index contributed by atoms with van der Waals surface area (Å²) in [5.41, 5.74) is 3.84. The molecule has 0 spiro atoms. The van der Waals surface area contributed by atoms with Crippen molar-refractivity contribution in [1.29, 1.82) is 0 Å². The Labute approximate surface area is 133 Å². The quantitative estimate of drug-likeness (QED) is 0.748. The first kappa shape index (κ1) is 15.3. The minimum Gasteiger partial charge on any atom is -0.378 e. The first-order valence-corrected chi connectivity index (χ1v) is 8.59. The molecular formula is C19H26N2O. The lowest BCUT2D eigenvalue weighted by Gasteiger charge is -2.29. The van der Waals surface area contributed by atoms with E-state index in [1.807, 2.05) is 6.20 Å². The lowest BCUT2D eigenvalue weighted by molar-refractivity contribution is 0.123. The predicted octanol–water partition coefficient (Wildman–Crippen LogP) is 4.19. The van der Waals surface area contributed by atoms with E-state index in [2.05, 4.69) is 41.1 Å². The number of benzene rings is 1. The molecule has 3 rings (SSSR count). The van der Waals surface area contributed by atoms with Crippen molar-refractivity contribution in [3.05, 3.63) is 36.0 Å². The Morgan fingerprint density at radius 2 is 1.95 bits per heavy atom. The number of rotatable bonds is 6. The Morgan fingerprint density at radius 3 is 2.77 bits per heavy atom. The zero-order valence-corrected chi connectivity index (χ0v) is 13.6. The number of aryl methyl sites for hydroxylation is 1. The SMILES string of the molecule is CCCCCCc1ccc2nccc(N3CCOCC3)c2c1. The van der Waals surface area contributed by atoms with Crippen LogP contribution in [0.1, 0.15) is 38.2 Å². The van der Waals surface area contributed by atoms with Crippen LogP contribution < -0.4 is 4.90 Å². The topological polar surface area (TPSA) is 25.4 Å². The molecule has 118 valence electrons. The van der Waals surface area contributed by atoms with E-state index in [0.717, 1.165) is 31.8 Å². The van der Waals surface area contributed by atoms with Gasteiger partial charge in [0.25, 0.3) is 0 Å². The van der Waals surface area contributed by atoms with Gasteiger partial charge in [0.05, 0.1) is 18.7 Å². The molecular weight excluding hydrogens is 272 g/mol. The Hall–Kier alpha value is -1.61. The number of morpholine rings is 1. The molecule has 0 bridgehead atoms. The van der Waals surface area contributed by atoms with Crippen LogP contribution >= 0.6 is 0 Å². The summed E-state index contributed by atoms with van der Waals surface area (Å²) in [7, 11) is 0. The summed E-state index contributed by atoms with van der Waals surface area (Å²) >= 11 is 0. The number of unbranched alkanes of at least 4 members (excludes halogenated alkanes) is 3. The smallest absolute Gasteiger partial charge is 0.0722 e. The third kappa shape index (κ3) is 3.58. The Balaban J connectivity index is 1.82. The fourth-order valence-electron chi connectivity index (χ4n) is 3.17. The molecule has 0 atom stereocenters. The second-order valence-corrected chi connectivity index (χ2v) is 6.09. The largest absolute Gasteiger partial charge is 0.378 e. The van der Waals surface area contributed by atoms with E-state index in [1.54, 1.807) is 0 Å². The Kier molecular flexibility index (Phi) is 5.28. The van der Waals surface area contributed by atoms with E-state index in [1.165, 1.54) is 48.7 Å². The first-order chi connectivity index (χ1) is 10.9. The molecule has 1 saturated heterocycles. The number of aromatic nitrogens is 1. The number of hydrogen-bond donors (Lipinski definition) is 0. The van der Waals surface area contributed by atoms with Crippen molar-refractivity contribution in [2.24, 2.45) is 0 Å². The van der Waals surface area contributed by atoms with E-state index in [0.29, 0.717) is 0 Å². The normalized spacial score (nSPS) is 15.4. The van der Waals surface area contributed by atoms with E-state index < -0.39 is 0 Å². The monoisotopic (exact) mass is 298 g/mol. The molecule has 1 aromatic heterocycles. The Bertz CT molecular complexity index is 605. The maximum atomic E-state index is 5.48. The maximum absolute atomic E-state index is 5.48. The summed E-state index contributed by atoms with van der Waals surface area (Å²) in [6.45, 7) is 5.84. The molecule has 0 saturated carbocycles. The molecule has 3 heteroatoms. The summed E-state index contributed by atoms with van der Waals surface area (Å²) in [4.78, 5) is 6.95. The molecule has 0 unspecified atom stereocenters. The van der Waals surface area contributed by atoms with Crippen molar-refractivity contribution in [1.82, 2.24) is 4.98 Å². The molecule has 1 fully saturated rings. The van der Waals surface area contributed by atoms with E-state index in [-0.39, 0.29) is 0 Å². The van der Waals surface area contributed by atoms with Crippen LogP contribution in [0.25, 0.3) is 10.9 Å². The van der Waals surface area contributed by atoms with Gasteiger partial charge in [-0.25, -0.2) is 0 Å². The van der Waals surface area contributed by atoms with Crippen molar-refractivity contribution in [3.63, 3.8) is 0 Å². The highest BCUT2D eigenvalue weighted by Crippen LogP contribution is 2.27. The van der Waals surface area contributed by atoms with E-state index in [4.69, 9.17) is 4.74 Å². The number of nitrogens with zero attached hydrogens (tertiary/aromatic N) is 2. The van der Waals surface area contributed by atoms with E-state index >= 15 is 0 Å². The molecule has 2 aromatic rings. The van der Waals surface area contributed by atoms with Crippen LogP contribution in [0.3, 0.4) is 0 Å². The molecule has 1 aliphatic heterocycles. The molecule has 0 aliphatic carbocycles. The fraction of sp³-hybridized carbons (Fsp3) is 0.526. The second-order valence-electron chi connectivity index (χ2n) is 6.09. The minimum atomic E-state index is 0.820. The lowest BCUT2D eigenvalue weighted by Crippen LogP contribution is -2.36. The van der Waals surface area contributed by atoms with E-state index in [9.17, 15) is 0 Å². The van der Waals surface area contributed by atoms with Crippen molar-refractivity contribution in [3.8, 4) is 0 Å². The number of pyridine rings is 1. The molecule has 0 radical (unpaired) electrons. The summed E-state index contributed by atoms with van der Waals surface area (Å²) in [5, 5.41) is 1.29. The lowest BCUT2D eigenvalue weighted by atomic mass is 10.0. The first-order valence-electron chi connectivity index (χ1n) is 8.59. The molecule has 1 aliphatic rings. The number of hydrogen-bond acceptors (Lipinski definition) is 3. The molecule has 2 heterocycles. The third-order valence-electron chi connectivity index (χ3n) is 4.45. The van der Waals surface area contributed by atoms with Crippen LogP contribution in [0.15, 0.2) is 30.5 Å². The van der Waals surface area contributed by atoms with Crippen LogP contribution in [-0.2, 0) is 11.2 Å². The van der Waals surface area contributed by atoms with Gasteiger partial charge in [-0.1, -0.05) is 32.3 Å². The standard InChI is InChI=1S/C19H26N2O/c1-2-3-4-5-6-16-7-8-18-17(15-16)19(9-10-20-18)21-11-13-22-14-12-21/h7-10,15H,2-6,11-14H2,1H3. The molecule has 22 heavy (non-hydrogen) atoms. The molecule has 1 aromatic carbocycles. The predicted molar refractivity (Wildman–Crippen MR) is 92.6 cm³/mol. The molecule has 3 nitrogen and oxygen atoms in total. The van der Waals surface area contributed by atoms with Gasteiger partial charge in [0, 0.05) is 30.4 Å². The van der Waals surface area contributed by atoms with Crippen LogP contribution in [-0.4, -0.2) is 31.3 Å². The van der Waals surface area contributed by atoms with Gasteiger partial charge in [-0.3, -0.25) is 4.98 Å². The highest BCUT2D eigenvalue weighted by molar-refractivity contribution is 5.92. The average Bonchev–Trinajstić information content (AvgIpc) is 2.59. The highest BCUT2D eigenvalue weighted by Gasteiger charge is 2.14. The van der Waals surface area contributed by atoms with Gasteiger partial charge in [0.1, 0.15) is 0 Å². The van der Waals surface area contributed by atoms with Gasteiger partial charge in [-0.2, -0.15) is 0 Å². The molecule has 0 amide bonds. The molecule has 0 N–H and O–H groups in total. The van der Waals surface area contributed by atoms with Gasteiger partial charge in [-0.15, -0.1) is 0 Å². The average molecular weight is 298 g/mol. The van der Waals surface area contributed by atoms with Gasteiger partial charge in [-0.05, 0) is 36.6 Å². The van der Waals surface area contributed by atoms with Gasteiger partial charge < -0.3 is 9.64 Å². The van der Waals surface area contributed by atoms with Crippen LogP contribution in [0, 0.1) is 0 Å². The highest BCUT2D eigenvalue weighted by atomic mass is 16.5. The zero-order valence-electron chi connectivity index (χ0n) is 13.6. The number of fused-ring (bicyclic) bond motifs is 1. The summed E-state index contributed by atoms with van der Waals surface area (Å²) in [6, 6.07) is 8.91. The van der Waals surface area contributed by atoms with Crippen LogP contribution in [0.4, 0.5) is 5.69 Å². The van der Waals surface area contributed by atoms with Crippen molar-refractivity contribution in [2.45, 2.75) is 39.0 Å². The summed E-state index contributed by atoms with van der Waals surface area (Å²) in [6.07, 6.45) is 8.35. The fourth-order valence-corrected chi connectivity index (χ4v) is 3.17. The van der Waals surface area contributed by atoms with Crippen molar-refractivity contribution < 1.29 is 4.74 Å².